The van der Waals surface area contributed by atoms with Gasteiger partial charge in [0.05, 0.1) is 6.54 Å². The lowest BCUT2D eigenvalue weighted by molar-refractivity contribution is -0.0502. The van der Waals surface area contributed by atoms with Crippen LogP contribution in [0.3, 0.4) is 0 Å². The second kappa shape index (κ2) is 7.52. The highest BCUT2D eigenvalue weighted by molar-refractivity contribution is 5.90. The Bertz CT molecular complexity index is 649. The number of anilines is 1. The van der Waals surface area contributed by atoms with Crippen LogP contribution in [0.2, 0.25) is 0 Å². The van der Waals surface area contributed by atoms with E-state index in [9.17, 15) is 13.6 Å². The summed E-state index contributed by atoms with van der Waals surface area (Å²) in [5, 5.41) is 9.29. The third-order valence-electron chi connectivity index (χ3n) is 3.05. The van der Waals surface area contributed by atoms with E-state index in [-0.39, 0.29) is 11.8 Å². The minimum atomic E-state index is -2.92. The first-order valence-electron chi connectivity index (χ1n) is 6.90. The van der Waals surface area contributed by atoms with E-state index in [4.69, 9.17) is 0 Å². The van der Waals surface area contributed by atoms with Crippen LogP contribution in [0.4, 0.5) is 19.3 Å². The largest absolute Gasteiger partial charge is 0.434 e. The van der Waals surface area contributed by atoms with Crippen molar-refractivity contribution in [2.24, 2.45) is 0 Å². The van der Waals surface area contributed by atoms with Gasteiger partial charge in [-0.15, -0.1) is 0 Å². The molecule has 0 saturated carbocycles. The fourth-order valence-electron chi connectivity index (χ4n) is 2.01. The third kappa shape index (κ3) is 4.90. The van der Waals surface area contributed by atoms with Crippen molar-refractivity contribution in [3.05, 3.63) is 36.4 Å². The third-order valence-corrected chi connectivity index (χ3v) is 3.05. The van der Waals surface area contributed by atoms with Gasteiger partial charge < -0.3 is 15.4 Å². The summed E-state index contributed by atoms with van der Waals surface area (Å²) in [4.78, 5) is 15.8. The predicted octanol–water partition coefficient (Wildman–Crippen LogP) is 2.40. The van der Waals surface area contributed by atoms with E-state index in [2.05, 4.69) is 25.5 Å². The number of carbonyl (C=O) groups excluding carboxylic acids is 1. The smallest absolute Gasteiger partial charge is 0.387 e. The first kappa shape index (κ1) is 16.7. The first-order chi connectivity index (χ1) is 11.0. The average Bonchev–Trinajstić information content (AvgIpc) is 2.95. The van der Waals surface area contributed by atoms with Gasteiger partial charge in [-0.05, 0) is 26.0 Å². The number of hydrogen-bond acceptors (Lipinski definition) is 4. The van der Waals surface area contributed by atoms with E-state index in [0.29, 0.717) is 17.8 Å². The molecule has 0 aliphatic heterocycles. The number of carbonyl (C=O) groups is 1. The standard InChI is InChI=1S/C14H17F2N5O2/c1-9(6-21-8-17-7-18-21)19-14(22)20-11-4-3-5-12(10(11)2)23-13(15)16/h3-5,7-9,13H,6H2,1-2H3,(H2,19,20,22)/t9-/m0/s1. The highest BCUT2D eigenvalue weighted by atomic mass is 19.3. The lowest BCUT2D eigenvalue weighted by atomic mass is 10.2. The molecule has 124 valence electrons. The number of halogens is 2. The van der Waals surface area contributed by atoms with Crippen molar-refractivity contribution < 1.29 is 18.3 Å². The number of hydrogen-bond donors (Lipinski definition) is 2. The number of amides is 2. The minimum Gasteiger partial charge on any atom is -0.434 e. The molecule has 1 aromatic heterocycles. The molecule has 9 heteroatoms. The average molecular weight is 325 g/mol. The molecule has 1 atom stereocenters. The van der Waals surface area contributed by atoms with Gasteiger partial charge in [0.25, 0.3) is 0 Å². The Hall–Kier alpha value is -2.71. The summed E-state index contributed by atoms with van der Waals surface area (Å²) in [6.07, 6.45) is 2.95. The number of aromatic nitrogens is 3. The highest BCUT2D eigenvalue weighted by Gasteiger charge is 2.13. The molecular weight excluding hydrogens is 308 g/mol. The molecule has 0 spiro atoms. The van der Waals surface area contributed by atoms with Gasteiger partial charge in [-0.25, -0.2) is 9.78 Å². The van der Waals surface area contributed by atoms with Gasteiger partial charge in [-0.1, -0.05) is 6.07 Å². The van der Waals surface area contributed by atoms with Crippen molar-refractivity contribution in [3.63, 3.8) is 0 Å². The van der Waals surface area contributed by atoms with Gasteiger partial charge in [-0.3, -0.25) is 4.68 Å². The quantitative estimate of drug-likeness (QED) is 0.854. The normalized spacial score (nSPS) is 12.0. The van der Waals surface area contributed by atoms with Crippen LogP contribution in [-0.2, 0) is 6.54 Å². The maximum absolute atomic E-state index is 12.3. The molecule has 2 N–H and O–H groups in total. The van der Waals surface area contributed by atoms with Gasteiger partial charge in [0.1, 0.15) is 18.4 Å². The predicted molar refractivity (Wildman–Crippen MR) is 79.4 cm³/mol. The number of nitrogens with one attached hydrogen (secondary N) is 2. The number of urea groups is 1. The Morgan fingerprint density at radius 3 is 2.87 bits per heavy atom. The van der Waals surface area contributed by atoms with E-state index < -0.39 is 12.6 Å². The Balaban J connectivity index is 1.94. The van der Waals surface area contributed by atoms with Crippen molar-refractivity contribution in [2.45, 2.75) is 33.0 Å². The fourth-order valence-corrected chi connectivity index (χ4v) is 2.01. The molecule has 0 fully saturated rings. The van der Waals surface area contributed by atoms with Gasteiger partial charge >= 0.3 is 12.6 Å². The van der Waals surface area contributed by atoms with Crippen LogP contribution >= 0.6 is 0 Å². The summed E-state index contributed by atoms with van der Waals surface area (Å²) >= 11 is 0. The van der Waals surface area contributed by atoms with Crippen molar-refractivity contribution >= 4 is 11.7 Å². The fraction of sp³-hybridized carbons (Fsp3) is 0.357. The number of alkyl halides is 2. The lowest BCUT2D eigenvalue weighted by Gasteiger charge is -2.16. The molecule has 0 aliphatic rings. The SMILES string of the molecule is Cc1c(NC(=O)N[C@@H](C)Cn2cncn2)cccc1OC(F)F. The monoisotopic (exact) mass is 325 g/mol. The summed E-state index contributed by atoms with van der Waals surface area (Å²) in [5.74, 6) is 0.0217. The minimum absolute atomic E-state index is 0.0217. The number of benzene rings is 1. The zero-order valence-electron chi connectivity index (χ0n) is 12.7. The van der Waals surface area contributed by atoms with Crippen LogP contribution in [0.15, 0.2) is 30.9 Å². The number of nitrogens with zero attached hydrogens (tertiary/aromatic N) is 3. The molecule has 2 rings (SSSR count). The van der Waals surface area contributed by atoms with E-state index >= 15 is 0 Å². The van der Waals surface area contributed by atoms with Crippen LogP contribution in [0.5, 0.6) is 5.75 Å². The summed E-state index contributed by atoms with van der Waals surface area (Å²) in [6.45, 7) is 0.942. The Morgan fingerprint density at radius 2 is 2.22 bits per heavy atom. The zero-order chi connectivity index (χ0) is 16.8. The molecule has 2 amide bonds. The highest BCUT2D eigenvalue weighted by Crippen LogP contribution is 2.26. The maximum Gasteiger partial charge on any atom is 0.387 e. The molecule has 1 heterocycles. The molecule has 0 aliphatic carbocycles. The second-order valence-electron chi connectivity index (χ2n) is 4.92. The molecular formula is C14H17F2N5O2. The summed E-state index contributed by atoms with van der Waals surface area (Å²) < 4.78 is 30.6. The van der Waals surface area contributed by atoms with E-state index in [1.807, 2.05) is 6.92 Å². The first-order valence-corrected chi connectivity index (χ1v) is 6.90. The number of ether oxygens (including phenoxy) is 1. The summed E-state index contributed by atoms with van der Waals surface area (Å²) in [6, 6.07) is 3.90. The molecule has 0 bridgehead atoms. The maximum atomic E-state index is 12.3. The van der Waals surface area contributed by atoms with Crippen LogP contribution in [0.1, 0.15) is 12.5 Å². The topological polar surface area (TPSA) is 81.1 Å². The van der Waals surface area contributed by atoms with Gasteiger partial charge in [0.15, 0.2) is 0 Å². The molecule has 0 saturated heterocycles. The Morgan fingerprint density at radius 1 is 1.43 bits per heavy atom. The molecule has 23 heavy (non-hydrogen) atoms. The lowest BCUT2D eigenvalue weighted by Crippen LogP contribution is -2.38. The second-order valence-corrected chi connectivity index (χ2v) is 4.92. The Kier molecular flexibility index (Phi) is 5.45. The Labute approximate surface area is 131 Å². The van der Waals surface area contributed by atoms with Crippen LogP contribution < -0.4 is 15.4 Å². The van der Waals surface area contributed by atoms with Gasteiger partial charge in [0.2, 0.25) is 0 Å². The zero-order valence-corrected chi connectivity index (χ0v) is 12.7. The molecule has 1 aromatic carbocycles. The van der Waals surface area contributed by atoms with Crippen LogP contribution in [0.25, 0.3) is 0 Å². The molecule has 0 unspecified atom stereocenters. The van der Waals surface area contributed by atoms with Crippen LogP contribution in [-0.4, -0.2) is 33.4 Å². The van der Waals surface area contributed by atoms with Crippen molar-refractivity contribution in [2.75, 3.05) is 5.32 Å². The summed E-state index contributed by atoms with van der Waals surface area (Å²) in [7, 11) is 0. The van der Waals surface area contributed by atoms with Crippen molar-refractivity contribution in [3.8, 4) is 5.75 Å². The van der Waals surface area contributed by atoms with Gasteiger partial charge in [0, 0.05) is 17.3 Å². The molecule has 2 aromatic rings. The van der Waals surface area contributed by atoms with Crippen molar-refractivity contribution in [1.82, 2.24) is 20.1 Å². The van der Waals surface area contributed by atoms with E-state index in [1.165, 1.54) is 18.5 Å². The summed E-state index contributed by atoms with van der Waals surface area (Å²) in [5.41, 5.74) is 0.820. The van der Waals surface area contributed by atoms with E-state index in [0.717, 1.165) is 0 Å². The molecule has 7 nitrogen and oxygen atoms in total. The molecule has 0 radical (unpaired) electrons. The van der Waals surface area contributed by atoms with E-state index in [1.54, 1.807) is 24.0 Å². The van der Waals surface area contributed by atoms with Gasteiger partial charge in [-0.2, -0.15) is 13.9 Å². The van der Waals surface area contributed by atoms with Crippen LogP contribution in [0, 0.1) is 6.92 Å². The number of rotatable bonds is 6. The van der Waals surface area contributed by atoms with Crippen molar-refractivity contribution in [1.29, 1.82) is 0 Å².